The molecule has 5 nitrogen and oxygen atoms in total. The molecule has 2 N–H and O–H groups in total. The number of hydrogen-bond donors (Lipinski definition) is 2. The van der Waals surface area contributed by atoms with Gasteiger partial charge in [0.15, 0.2) is 0 Å². The van der Waals surface area contributed by atoms with E-state index in [1.54, 1.807) is 14.0 Å². The minimum Gasteiger partial charge on any atom is -0.388 e. The number of amides is 2. The predicted molar refractivity (Wildman–Crippen MR) is 70.6 cm³/mol. The zero-order valence-corrected chi connectivity index (χ0v) is 11.6. The lowest BCUT2D eigenvalue weighted by atomic mass is 10.0. The van der Waals surface area contributed by atoms with E-state index in [1.165, 1.54) is 12.8 Å². The Hall–Kier alpha value is -0.810. The van der Waals surface area contributed by atoms with Crippen LogP contribution < -0.4 is 5.32 Å². The largest absolute Gasteiger partial charge is 0.388 e. The van der Waals surface area contributed by atoms with Gasteiger partial charge < -0.3 is 20.1 Å². The lowest BCUT2D eigenvalue weighted by molar-refractivity contribution is 0.0259. The van der Waals surface area contributed by atoms with Gasteiger partial charge in [0.05, 0.1) is 5.60 Å². The summed E-state index contributed by atoms with van der Waals surface area (Å²) in [7, 11) is 1.60. The van der Waals surface area contributed by atoms with Gasteiger partial charge in [0.1, 0.15) is 0 Å². The summed E-state index contributed by atoms with van der Waals surface area (Å²) in [6.07, 6.45) is 5.08. The highest BCUT2D eigenvalue weighted by atomic mass is 16.5. The van der Waals surface area contributed by atoms with Gasteiger partial charge >= 0.3 is 6.03 Å². The first-order valence-electron chi connectivity index (χ1n) is 6.79. The Morgan fingerprint density at radius 2 is 1.94 bits per heavy atom. The molecule has 0 aromatic heterocycles. The molecule has 0 bridgehead atoms. The summed E-state index contributed by atoms with van der Waals surface area (Å²) in [5, 5.41) is 12.8. The van der Waals surface area contributed by atoms with Gasteiger partial charge in [0.2, 0.25) is 0 Å². The predicted octanol–water partition coefficient (Wildman–Crippen LogP) is 1.36. The highest BCUT2D eigenvalue weighted by molar-refractivity contribution is 5.74. The molecule has 1 atom stereocenters. The number of urea groups is 1. The van der Waals surface area contributed by atoms with Crippen molar-refractivity contribution in [1.29, 1.82) is 0 Å². The van der Waals surface area contributed by atoms with Gasteiger partial charge in [0, 0.05) is 39.8 Å². The summed E-state index contributed by atoms with van der Waals surface area (Å²) in [5.74, 6) is 0. The molecular formula is C13H26N2O3. The van der Waals surface area contributed by atoms with Crippen molar-refractivity contribution in [1.82, 2.24) is 10.2 Å². The molecule has 0 saturated carbocycles. The van der Waals surface area contributed by atoms with Gasteiger partial charge in [0.25, 0.3) is 0 Å². The molecule has 1 heterocycles. The van der Waals surface area contributed by atoms with E-state index in [0.29, 0.717) is 13.0 Å². The smallest absolute Gasteiger partial charge is 0.317 e. The highest BCUT2D eigenvalue weighted by Gasteiger charge is 2.22. The molecule has 0 aromatic rings. The fourth-order valence-electron chi connectivity index (χ4n) is 2.06. The third kappa shape index (κ3) is 5.69. The Morgan fingerprint density at radius 3 is 2.50 bits per heavy atom. The number of hydrogen-bond acceptors (Lipinski definition) is 3. The Morgan fingerprint density at radius 1 is 1.33 bits per heavy atom. The second-order valence-corrected chi connectivity index (χ2v) is 5.30. The molecule has 2 amide bonds. The van der Waals surface area contributed by atoms with Crippen LogP contribution in [-0.4, -0.2) is 55.0 Å². The molecule has 0 spiro atoms. The van der Waals surface area contributed by atoms with Gasteiger partial charge in [-0.3, -0.25) is 0 Å². The fraction of sp³-hybridized carbons (Fsp3) is 0.923. The average molecular weight is 258 g/mol. The van der Waals surface area contributed by atoms with Crippen LogP contribution in [0.4, 0.5) is 4.79 Å². The number of carbonyl (C=O) groups is 1. The quantitative estimate of drug-likeness (QED) is 0.782. The van der Waals surface area contributed by atoms with Gasteiger partial charge in [-0.15, -0.1) is 0 Å². The fourth-order valence-corrected chi connectivity index (χ4v) is 2.06. The van der Waals surface area contributed by atoms with Crippen LogP contribution in [0, 0.1) is 0 Å². The molecule has 1 aliphatic heterocycles. The summed E-state index contributed by atoms with van der Waals surface area (Å²) in [4.78, 5) is 13.8. The molecule has 0 aliphatic carbocycles. The maximum atomic E-state index is 11.9. The van der Waals surface area contributed by atoms with Crippen LogP contribution in [0.3, 0.4) is 0 Å². The van der Waals surface area contributed by atoms with E-state index in [-0.39, 0.29) is 12.6 Å². The van der Waals surface area contributed by atoms with E-state index in [4.69, 9.17) is 4.74 Å². The van der Waals surface area contributed by atoms with Crippen LogP contribution in [0.5, 0.6) is 0 Å². The molecule has 0 aromatic carbocycles. The SMILES string of the molecule is COCCC(C)(O)CNC(=O)N1CCCCCC1. The van der Waals surface area contributed by atoms with E-state index < -0.39 is 5.60 Å². The van der Waals surface area contributed by atoms with Crippen LogP contribution in [0.1, 0.15) is 39.0 Å². The van der Waals surface area contributed by atoms with Crippen molar-refractivity contribution in [3.8, 4) is 0 Å². The number of ether oxygens (including phenoxy) is 1. The van der Waals surface area contributed by atoms with Crippen LogP contribution in [0.2, 0.25) is 0 Å². The minimum absolute atomic E-state index is 0.0606. The lowest BCUT2D eigenvalue weighted by Gasteiger charge is -2.26. The first kappa shape index (κ1) is 15.2. The van der Waals surface area contributed by atoms with E-state index in [2.05, 4.69) is 5.32 Å². The standard InChI is InChI=1S/C13H26N2O3/c1-13(17,7-10-18-2)11-14-12(16)15-8-5-3-4-6-9-15/h17H,3-11H2,1-2H3,(H,14,16). The summed E-state index contributed by atoms with van der Waals surface area (Å²) in [5.41, 5.74) is -0.905. The van der Waals surface area contributed by atoms with Crippen LogP contribution in [0.25, 0.3) is 0 Å². The summed E-state index contributed by atoms with van der Waals surface area (Å²) < 4.78 is 4.93. The molecule has 1 saturated heterocycles. The number of carbonyl (C=O) groups excluding carboxylic acids is 1. The highest BCUT2D eigenvalue weighted by Crippen LogP contribution is 2.11. The van der Waals surface area contributed by atoms with E-state index in [0.717, 1.165) is 25.9 Å². The Balaban J connectivity index is 2.30. The van der Waals surface area contributed by atoms with E-state index >= 15 is 0 Å². The number of nitrogens with one attached hydrogen (secondary N) is 1. The summed E-state index contributed by atoms with van der Waals surface area (Å²) in [6, 6.07) is -0.0606. The molecular weight excluding hydrogens is 232 g/mol. The van der Waals surface area contributed by atoms with Gasteiger partial charge in [-0.05, 0) is 19.8 Å². The van der Waals surface area contributed by atoms with E-state index in [1.807, 2.05) is 4.90 Å². The molecule has 1 aliphatic rings. The maximum absolute atomic E-state index is 11.9. The van der Waals surface area contributed by atoms with Crippen molar-refractivity contribution in [3.05, 3.63) is 0 Å². The first-order chi connectivity index (χ1) is 8.55. The van der Waals surface area contributed by atoms with Gasteiger partial charge in [-0.1, -0.05) is 12.8 Å². The average Bonchev–Trinajstić information content (AvgIpc) is 2.62. The molecule has 106 valence electrons. The number of likely N-dealkylation sites (tertiary alicyclic amines) is 1. The van der Waals surface area contributed by atoms with Crippen molar-refractivity contribution >= 4 is 6.03 Å². The molecule has 1 fully saturated rings. The second-order valence-electron chi connectivity index (χ2n) is 5.30. The van der Waals surface area contributed by atoms with Crippen molar-refractivity contribution < 1.29 is 14.6 Å². The van der Waals surface area contributed by atoms with Crippen LogP contribution in [-0.2, 0) is 4.74 Å². The molecule has 0 radical (unpaired) electrons. The Labute approximate surface area is 109 Å². The third-order valence-electron chi connectivity index (χ3n) is 3.36. The number of rotatable bonds is 5. The molecule has 5 heteroatoms. The van der Waals surface area contributed by atoms with Crippen LogP contribution >= 0.6 is 0 Å². The number of nitrogens with zero attached hydrogens (tertiary/aromatic N) is 1. The van der Waals surface area contributed by atoms with Crippen molar-refractivity contribution in [2.24, 2.45) is 0 Å². The summed E-state index contributed by atoms with van der Waals surface area (Å²) in [6.45, 7) is 4.13. The summed E-state index contributed by atoms with van der Waals surface area (Å²) >= 11 is 0. The van der Waals surface area contributed by atoms with Crippen molar-refractivity contribution in [3.63, 3.8) is 0 Å². The van der Waals surface area contributed by atoms with Gasteiger partial charge in [-0.25, -0.2) is 4.79 Å². The number of methoxy groups -OCH3 is 1. The Bertz CT molecular complexity index is 249. The zero-order chi connectivity index (χ0) is 13.4. The van der Waals surface area contributed by atoms with E-state index in [9.17, 15) is 9.90 Å². The third-order valence-corrected chi connectivity index (χ3v) is 3.36. The molecule has 1 rings (SSSR count). The normalized spacial score (nSPS) is 20.1. The van der Waals surface area contributed by atoms with Crippen molar-refractivity contribution in [2.75, 3.05) is 33.4 Å². The lowest BCUT2D eigenvalue weighted by Crippen LogP contribution is -2.47. The Kier molecular flexibility index (Phi) is 6.43. The minimum atomic E-state index is -0.905. The first-order valence-corrected chi connectivity index (χ1v) is 6.79. The topological polar surface area (TPSA) is 61.8 Å². The zero-order valence-electron chi connectivity index (χ0n) is 11.6. The molecule has 18 heavy (non-hydrogen) atoms. The maximum Gasteiger partial charge on any atom is 0.317 e. The monoisotopic (exact) mass is 258 g/mol. The number of aliphatic hydroxyl groups is 1. The van der Waals surface area contributed by atoms with Crippen molar-refractivity contribution in [2.45, 2.75) is 44.6 Å². The second kappa shape index (κ2) is 7.59. The van der Waals surface area contributed by atoms with Crippen LogP contribution in [0.15, 0.2) is 0 Å². The molecule has 1 unspecified atom stereocenters. The van der Waals surface area contributed by atoms with Gasteiger partial charge in [-0.2, -0.15) is 0 Å².